The summed E-state index contributed by atoms with van der Waals surface area (Å²) in [7, 11) is 0. The molecular weight excluding hydrogens is 258 g/mol. The Morgan fingerprint density at radius 2 is 2.20 bits per heavy atom. The highest BCUT2D eigenvalue weighted by Gasteiger charge is 2.13. The predicted octanol–water partition coefficient (Wildman–Crippen LogP) is 2.07. The highest BCUT2D eigenvalue weighted by molar-refractivity contribution is 5.82. The SMILES string of the molecule is Cc1nc2ccc(-c3cc(=O)[nH]c(O)c3C#N)cc2o1. The fraction of sp³-hybridized carbons (Fsp3) is 0.0714. The van der Waals surface area contributed by atoms with E-state index in [9.17, 15) is 9.90 Å². The summed E-state index contributed by atoms with van der Waals surface area (Å²) in [4.78, 5) is 17.8. The molecule has 98 valence electrons. The molecule has 0 aliphatic carbocycles. The first-order chi connectivity index (χ1) is 9.58. The first-order valence-corrected chi connectivity index (χ1v) is 5.82. The van der Waals surface area contributed by atoms with E-state index in [0.717, 1.165) is 0 Å². The van der Waals surface area contributed by atoms with Crippen molar-refractivity contribution < 1.29 is 9.52 Å². The molecule has 6 nitrogen and oxygen atoms in total. The van der Waals surface area contributed by atoms with E-state index in [4.69, 9.17) is 9.68 Å². The third-order valence-corrected chi connectivity index (χ3v) is 2.94. The predicted molar refractivity (Wildman–Crippen MR) is 71.2 cm³/mol. The second-order valence-corrected chi connectivity index (χ2v) is 4.30. The van der Waals surface area contributed by atoms with Gasteiger partial charge in [0.1, 0.15) is 17.1 Å². The Bertz CT molecular complexity index is 916. The van der Waals surface area contributed by atoms with Gasteiger partial charge in [-0.1, -0.05) is 6.07 Å². The molecular formula is C14H9N3O3. The fourth-order valence-electron chi connectivity index (χ4n) is 2.09. The lowest BCUT2D eigenvalue weighted by atomic mass is 10.0. The summed E-state index contributed by atoms with van der Waals surface area (Å²) in [5.41, 5.74) is 1.74. The van der Waals surface area contributed by atoms with Crippen LogP contribution in [-0.2, 0) is 0 Å². The van der Waals surface area contributed by atoms with Gasteiger partial charge in [0.05, 0.1) is 0 Å². The Balaban J connectivity index is 2.30. The second-order valence-electron chi connectivity index (χ2n) is 4.30. The van der Waals surface area contributed by atoms with Crippen LogP contribution in [0.3, 0.4) is 0 Å². The zero-order valence-corrected chi connectivity index (χ0v) is 10.5. The summed E-state index contributed by atoms with van der Waals surface area (Å²) in [6, 6.07) is 8.29. The quantitative estimate of drug-likeness (QED) is 0.702. The Morgan fingerprint density at radius 3 is 2.95 bits per heavy atom. The number of aryl methyl sites for hydroxylation is 1. The average Bonchev–Trinajstić information content (AvgIpc) is 2.76. The average molecular weight is 267 g/mol. The van der Waals surface area contributed by atoms with Crippen LogP contribution in [0.1, 0.15) is 11.5 Å². The molecule has 1 aromatic carbocycles. The van der Waals surface area contributed by atoms with E-state index in [1.165, 1.54) is 6.07 Å². The fourth-order valence-corrected chi connectivity index (χ4v) is 2.09. The lowest BCUT2D eigenvalue weighted by molar-refractivity contribution is 0.450. The van der Waals surface area contributed by atoms with Crippen LogP contribution < -0.4 is 5.56 Å². The van der Waals surface area contributed by atoms with E-state index < -0.39 is 11.4 Å². The van der Waals surface area contributed by atoms with Gasteiger partial charge in [-0.15, -0.1) is 0 Å². The van der Waals surface area contributed by atoms with Crippen LogP contribution in [0, 0.1) is 18.3 Å². The number of aromatic hydroxyl groups is 1. The van der Waals surface area contributed by atoms with Gasteiger partial charge in [0.2, 0.25) is 5.88 Å². The van der Waals surface area contributed by atoms with Crippen LogP contribution >= 0.6 is 0 Å². The minimum absolute atomic E-state index is 0.0141. The molecule has 3 rings (SSSR count). The summed E-state index contributed by atoms with van der Waals surface area (Å²) in [5.74, 6) is 0.0928. The van der Waals surface area contributed by atoms with Gasteiger partial charge in [0.25, 0.3) is 5.56 Å². The van der Waals surface area contributed by atoms with Gasteiger partial charge in [0.15, 0.2) is 11.5 Å². The van der Waals surface area contributed by atoms with Crippen molar-refractivity contribution in [2.24, 2.45) is 0 Å². The van der Waals surface area contributed by atoms with Crippen LogP contribution in [-0.4, -0.2) is 15.1 Å². The van der Waals surface area contributed by atoms with E-state index in [-0.39, 0.29) is 5.56 Å². The van der Waals surface area contributed by atoms with Gasteiger partial charge in [-0.2, -0.15) is 5.26 Å². The number of nitrogens with zero attached hydrogens (tertiary/aromatic N) is 2. The van der Waals surface area contributed by atoms with Crippen LogP contribution in [0.2, 0.25) is 0 Å². The lowest BCUT2D eigenvalue weighted by Crippen LogP contribution is -2.06. The molecule has 2 N–H and O–H groups in total. The number of fused-ring (bicyclic) bond motifs is 1. The summed E-state index contributed by atoms with van der Waals surface area (Å²) in [6.07, 6.45) is 0. The molecule has 0 saturated carbocycles. The number of nitriles is 1. The molecule has 0 atom stereocenters. The molecule has 0 radical (unpaired) electrons. The number of hydrogen-bond donors (Lipinski definition) is 2. The van der Waals surface area contributed by atoms with Gasteiger partial charge in [-0.25, -0.2) is 4.98 Å². The van der Waals surface area contributed by atoms with Gasteiger partial charge >= 0.3 is 0 Å². The van der Waals surface area contributed by atoms with Gasteiger partial charge in [-0.3, -0.25) is 9.78 Å². The van der Waals surface area contributed by atoms with E-state index in [0.29, 0.717) is 28.1 Å². The molecule has 0 spiro atoms. The Kier molecular flexibility index (Phi) is 2.54. The van der Waals surface area contributed by atoms with Gasteiger partial charge in [-0.05, 0) is 17.7 Å². The number of H-pyrrole nitrogens is 1. The normalized spacial score (nSPS) is 10.6. The van der Waals surface area contributed by atoms with Gasteiger partial charge < -0.3 is 9.52 Å². The third-order valence-electron chi connectivity index (χ3n) is 2.94. The summed E-state index contributed by atoms with van der Waals surface area (Å²) in [5, 5.41) is 18.7. The van der Waals surface area contributed by atoms with Gasteiger partial charge in [0, 0.05) is 18.6 Å². The molecule has 0 aliphatic heterocycles. The molecule has 0 fully saturated rings. The first kappa shape index (κ1) is 12.0. The Hall–Kier alpha value is -3.07. The summed E-state index contributed by atoms with van der Waals surface area (Å²) >= 11 is 0. The zero-order chi connectivity index (χ0) is 14.3. The summed E-state index contributed by atoms with van der Waals surface area (Å²) in [6.45, 7) is 1.74. The van der Waals surface area contributed by atoms with Crippen molar-refractivity contribution in [2.45, 2.75) is 6.92 Å². The van der Waals surface area contributed by atoms with Crippen LogP contribution in [0.5, 0.6) is 5.88 Å². The maximum atomic E-state index is 11.5. The van der Waals surface area contributed by atoms with Crippen molar-refractivity contribution in [1.29, 1.82) is 5.26 Å². The molecule has 2 aromatic heterocycles. The number of hydrogen-bond acceptors (Lipinski definition) is 5. The van der Waals surface area contributed by atoms with E-state index >= 15 is 0 Å². The smallest absolute Gasteiger partial charge is 0.251 e. The molecule has 6 heteroatoms. The van der Waals surface area contributed by atoms with E-state index in [1.807, 2.05) is 6.07 Å². The second kappa shape index (κ2) is 4.24. The van der Waals surface area contributed by atoms with E-state index in [2.05, 4.69) is 9.97 Å². The number of nitrogens with one attached hydrogen (secondary N) is 1. The number of oxazole rings is 1. The van der Waals surface area contributed by atoms with Crippen LogP contribution in [0.15, 0.2) is 33.5 Å². The molecule has 0 unspecified atom stereocenters. The molecule has 0 saturated heterocycles. The van der Waals surface area contributed by atoms with Crippen LogP contribution in [0.4, 0.5) is 0 Å². The van der Waals surface area contributed by atoms with Crippen molar-refractivity contribution in [3.05, 3.63) is 46.1 Å². The molecule has 0 bridgehead atoms. The van der Waals surface area contributed by atoms with Crippen molar-refractivity contribution in [2.75, 3.05) is 0 Å². The number of pyridine rings is 1. The minimum atomic E-state index is -0.481. The molecule has 0 aliphatic rings. The number of aromatic amines is 1. The molecule has 20 heavy (non-hydrogen) atoms. The standard InChI is InChI=1S/C14H9N3O3/c1-7-16-11-3-2-8(4-12(11)20-7)9-5-13(18)17-14(19)10(9)6-15/h2-5H,1H3,(H2,17,18,19). The number of aromatic nitrogens is 2. The van der Waals surface area contributed by atoms with Crippen molar-refractivity contribution in [1.82, 2.24) is 9.97 Å². The third kappa shape index (κ3) is 1.82. The number of benzene rings is 1. The molecule has 3 aromatic rings. The Morgan fingerprint density at radius 1 is 1.40 bits per heavy atom. The zero-order valence-electron chi connectivity index (χ0n) is 10.5. The molecule has 2 heterocycles. The first-order valence-electron chi connectivity index (χ1n) is 5.82. The Labute approximate surface area is 112 Å². The largest absolute Gasteiger partial charge is 0.494 e. The maximum absolute atomic E-state index is 11.5. The summed E-state index contributed by atoms with van der Waals surface area (Å²) < 4.78 is 5.42. The van der Waals surface area contributed by atoms with Crippen molar-refractivity contribution >= 4 is 11.1 Å². The van der Waals surface area contributed by atoms with E-state index in [1.54, 1.807) is 25.1 Å². The highest BCUT2D eigenvalue weighted by Crippen LogP contribution is 2.29. The number of rotatable bonds is 1. The topological polar surface area (TPSA) is 103 Å². The molecule has 0 amide bonds. The lowest BCUT2D eigenvalue weighted by Gasteiger charge is -2.04. The minimum Gasteiger partial charge on any atom is -0.494 e. The van der Waals surface area contributed by atoms with Crippen molar-refractivity contribution in [3.63, 3.8) is 0 Å². The maximum Gasteiger partial charge on any atom is 0.251 e. The highest BCUT2D eigenvalue weighted by atomic mass is 16.3. The monoisotopic (exact) mass is 267 g/mol. The van der Waals surface area contributed by atoms with Crippen LogP contribution in [0.25, 0.3) is 22.2 Å². The van der Waals surface area contributed by atoms with Crippen molar-refractivity contribution in [3.8, 4) is 23.1 Å².